The van der Waals surface area contributed by atoms with Gasteiger partial charge in [-0.1, -0.05) is 12.5 Å². The van der Waals surface area contributed by atoms with E-state index in [-0.39, 0.29) is 30.9 Å². The molecule has 3 aliphatic rings. The third-order valence-corrected chi connectivity index (χ3v) is 6.13. The van der Waals surface area contributed by atoms with Gasteiger partial charge in [0.15, 0.2) is 0 Å². The van der Waals surface area contributed by atoms with Gasteiger partial charge < -0.3 is 20.6 Å². The van der Waals surface area contributed by atoms with E-state index < -0.39 is 17.4 Å². The van der Waals surface area contributed by atoms with Gasteiger partial charge in [-0.3, -0.25) is 9.59 Å². The predicted octanol–water partition coefficient (Wildman–Crippen LogP) is 1.77. The van der Waals surface area contributed by atoms with Crippen molar-refractivity contribution < 1.29 is 24.3 Å². The molecule has 5 amide bonds. The summed E-state index contributed by atoms with van der Waals surface area (Å²) < 4.78 is 0. The zero-order valence-corrected chi connectivity index (χ0v) is 15.5. The SMILES string of the molecule is Cc1ccc(NC(=O)N2C[C@@H]3CCC[C@@]3(C(=O)O)C2)cc1N1C(=O)CNC1=O. The summed E-state index contributed by atoms with van der Waals surface area (Å²) in [5, 5.41) is 14.9. The molecule has 0 unspecified atom stereocenters. The van der Waals surface area contributed by atoms with Crippen LogP contribution in [0.2, 0.25) is 0 Å². The quantitative estimate of drug-likeness (QED) is 0.684. The highest BCUT2D eigenvalue weighted by atomic mass is 16.4. The van der Waals surface area contributed by atoms with E-state index in [9.17, 15) is 24.3 Å². The molecule has 9 heteroatoms. The summed E-state index contributed by atoms with van der Waals surface area (Å²) in [5.41, 5.74) is 0.747. The molecule has 0 aromatic heterocycles. The van der Waals surface area contributed by atoms with E-state index in [0.29, 0.717) is 24.3 Å². The van der Waals surface area contributed by atoms with Crippen molar-refractivity contribution in [2.45, 2.75) is 26.2 Å². The molecule has 2 atom stereocenters. The number of anilines is 2. The summed E-state index contributed by atoms with van der Waals surface area (Å²) in [6.07, 6.45) is 2.29. The number of nitrogens with zero attached hydrogens (tertiary/aromatic N) is 2. The number of carboxylic acids is 1. The molecule has 9 nitrogen and oxygen atoms in total. The third kappa shape index (κ3) is 2.78. The van der Waals surface area contributed by atoms with Crippen LogP contribution in [0.3, 0.4) is 0 Å². The van der Waals surface area contributed by atoms with Crippen LogP contribution < -0.4 is 15.5 Å². The highest BCUT2D eigenvalue weighted by molar-refractivity contribution is 6.20. The highest BCUT2D eigenvalue weighted by Crippen LogP contribution is 2.49. The number of urea groups is 2. The van der Waals surface area contributed by atoms with Crippen LogP contribution in [0, 0.1) is 18.3 Å². The van der Waals surface area contributed by atoms with Crippen molar-refractivity contribution >= 4 is 35.3 Å². The number of fused-ring (bicyclic) bond motifs is 1. The van der Waals surface area contributed by atoms with Crippen molar-refractivity contribution in [2.24, 2.45) is 11.3 Å². The van der Waals surface area contributed by atoms with Crippen LogP contribution in [-0.2, 0) is 9.59 Å². The van der Waals surface area contributed by atoms with Crippen LogP contribution in [0.5, 0.6) is 0 Å². The Balaban J connectivity index is 1.52. The fourth-order valence-corrected chi connectivity index (χ4v) is 4.59. The smallest absolute Gasteiger partial charge is 0.329 e. The first kappa shape index (κ1) is 18.3. The molecule has 2 saturated heterocycles. The molecule has 1 saturated carbocycles. The zero-order valence-electron chi connectivity index (χ0n) is 15.5. The monoisotopic (exact) mass is 386 g/mol. The first-order chi connectivity index (χ1) is 13.3. The van der Waals surface area contributed by atoms with E-state index in [2.05, 4.69) is 10.6 Å². The van der Waals surface area contributed by atoms with Gasteiger partial charge in [0.25, 0.3) is 5.91 Å². The molecule has 0 radical (unpaired) electrons. The number of hydrogen-bond donors (Lipinski definition) is 3. The Morgan fingerprint density at radius 1 is 1.32 bits per heavy atom. The molecular formula is C19H22N4O5. The minimum Gasteiger partial charge on any atom is -0.481 e. The number of benzene rings is 1. The number of hydrogen-bond acceptors (Lipinski definition) is 4. The van der Waals surface area contributed by atoms with Crippen LogP contribution >= 0.6 is 0 Å². The summed E-state index contributed by atoms with van der Waals surface area (Å²) in [5.74, 6) is -1.20. The van der Waals surface area contributed by atoms with Gasteiger partial charge >= 0.3 is 18.0 Å². The second-order valence-electron chi connectivity index (χ2n) is 7.75. The van der Waals surface area contributed by atoms with Crippen LogP contribution in [0.1, 0.15) is 24.8 Å². The maximum absolute atomic E-state index is 12.7. The Bertz CT molecular complexity index is 869. The number of aliphatic carboxylic acids is 1. The molecule has 4 rings (SSSR count). The third-order valence-electron chi connectivity index (χ3n) is 6.13. The average Bonchev–Trinajstić information content (AvgIpc) is 3.30. The van der Waals surface area contributed by atoms with Gasteiger partial charge in [0, 0.05) is 18.8 Å². The Labute approximate surface area is 161 Å². The summed E-state index contributed by atoms with van der Waals surface area (Å²) in [6, 6.07) is 4.13. The maximum Gasteiger partial charge on any atom is 0.329 e. The number of likely N-dealkylation sites (tertiary alicyclic amines) is 1. The molecule has 3 N–H and O–H groups in total. The highest BCUT2D eigenvalue weighted by Gasteiger charge is 2.55. The van der Waals surface area contributed by atoms with Gasteiger partial charge in [0.2, 0.25) is 0 Å². The van der Waals surface area contributed by atoms with Gasteiger partial charge in [-0.2, -0.15) is 0 Å². The molecule has 0 spiro atoms. The van der Waals surface area contributed by atoms with Gasteiger partial charge in [0.05, 0.1) is 17.6 Å². The number of carboxylic acid groups (broad SMARTS) is 1. The molecule has 2 heterocycles. The summed E-state index contributed by atoms with van der Waals surface area (Å²) in [4.78, 5) is 51.0. The van der Waals surface area contributed by atoms with Crippen LogP contribution in [0.15, 0.2) is 18.2 Å². The lowest BCUT2D eigenvalue weighted by atomic mass is 9.81. The summed E-state index contributed by atoms with van der Waals surface area (Å²) >= 11 is 0. The Hall–Kier alpha value is -3.10. The molecular weight excluding hydrogens is 364 g/mol. The first-order valence-electron chi connectivity index (χ1n) is 9.32. The molecule has 0 bridgehead atoms. The standard InChI is InChI=1S/C19H22N4O5/c1-11-4-5-13(7-14(11)23-15(24)8-20-17(23)27)21-18(28)22-9-12-3-2-6-19(12,10-22)16(25)26/h4-5,7,12H,2-3,6,8-10H2,1H3,(H,20,27)(H,21,28)(H,25,26)/t12-,19+/m0/s1. The van der Waals surface area contributed by atoms with Crippen molar-refractivity contribution in [3.05, 3.63) is 23.8 Å². The largest absolute Gasteiger partial charge is 0.481 e. The number of aryl methyl sites for hydroxylation is 1. The Morgan fingerprint density at radius 3 is 2.75 bits per heavy atom. The second kappa shape index (κ2) is 6.50. The number of carbonyl (C=O) groups excluding carboxylic acids is 3. The number of amides is 5. The van der Waals surface area contributed by atoms with Crippen molar-refractivity contribution in [1.82, 2.24) is 10.2 Å². The van der Waals surface area contributed by atoms with E-state index in [4.69, 9.17) is 0 Å². The minimum atomic E-state index is -0.837. The number of imide groups is 1. The van der Waals surface area contributed by atoms with Gasteiger partial charge in [0.1, 0.15) is 0 Å². The normalized spacial score (nSPS) is 26.4. The summed E-state index contributed by atoms with van der Waals surface area (Å²) in [6.45, 7) is 2.34. The van der Waals surface area contributed by atoms with E-state index in [1.165, 1.54) is 0 Å². The molecule has 28 heavy (non-hydrogen) atoms. The topological polar surface area (TPSA) is 119 Å². The van der Waals surface area contributed by atoms with E-state index in [1.54, 1.807) is 30.0 Å². The van der Waals surface area contributed by atoms with Gasteiger partial charge in [-0.15, -0.1) is 0 Å². The Kier molecular flexibility index (Phi) is 4.24. The van der Waals surface area contributed by atoms with Crippen LogP contribution in [-0.4, -0.2) is 53.6 Å². The lowest BCUT2D eigenvalue weighted by Gasteiger charge is -2.23. The Morgan fingerprint density at radius 2 is 2.11 bits per heavy atom. The lowest BCUT2D eigenvalue weighted by Crippen LogP contribution is -2.38. The molecule has 1 aromatic carbocycles. The number of carbonyl (C=O) groups is 4. The zero-order chi connectivity index (χ0) is 20.1. The van der Waals surface area contributed by atoms with E-state index >= 15 is 0 Å². The first-order valence-corrected chi connectivity index (χ1v) is 9.32. The molecule has 1 aromatic rings. The number of rotatable bonds is 3. The van der Waals surface area contributed by atoms with Crippen molar-refractivity contribution in [1.29, 1.82) is 0 Å². The fraction of sp³-hybridized carbons (Fsp3) is 0.474. The van der Waals surface area contributed by atoms with E-state index in [0.717, 1.165) is 23.3 Å². The van der Waals surface area contributed by atoms with Gasteiger partial charge in [-0.05, 0) is 43.4 Å². The molecule has 3 fully saturated rings. The maximum atomic E-state index is 12.7. The number of nitrogens with one attached hydrogen (secondary N) is 2. The minimum absolute atomic E-state index is 0.0183. The molecule has 1 aliphatic carbocycles. The van der Waals surface area contributed by atoms with Crippen molar-refractivity contribution in [3.63, 3.8) is 0 Å². The predicted molar refractivity (Wildman–Crippen MR) is 100 cm³/mol. The fourth-order valence-electron chi connectivity index (χ4n) is 4.59. The van der Waals surface area contributed by atoms with Crippen molar-refractivity contribution in [2.75, 3.05) is 29.9 Å². The van der Waals surface area contributed by atoms with E-state index in [1.807, 2.05) is 0 Å². The lowest BCUT2D eigenvalue weighted by molar-refractivity contribution is -0.149. The average molecular weight is 386 g/mol. The van der Waals surface area contributed by atoms with Crippen molar-refractivity contribution in [3.8, 4) is 0 Å². The second-order valence-corrected chi connectivity index (χ2v) is 7.75. The molecule has 2 aliphatic heterocycles. The van der Waals surface area contributed by atoms with Gasteiger partial charge in [-0.25, -0.2) is 14.5 Å². The summed E-state index contributed by atoms with van der Waals surface area (Å²) in [7, 11) is 0. The molecule has 148 valence electrons. The van der Waals surface area contributed by atoms with Crippen LogP contribution in [0.25, 0.3) is 0 Å². The van der Waals surface area contributed by atoms with Crippen LogP contribution in [0.4, 0.5) is 21.0 Å².